The van der Waals surface area contributed by atoms with Gasteiger partial charge in [-0.2, -0.15) is 5.26 Å². The molecule has 1 heterocycles. The van der Waals surface area contributed by atoms with Crippen LogP contribution < -0.4 is 5.56 Å². The number of nitrogens with zero attached hydrogens (tertiary/aromatic N) is 4. The van der Waals surface area contributed by atoms with Crippen molar-refractivity contribution in [3.63, 3.8) is 0 Å². The Bertz CT molecular complexity index is 938. The number of aromatic hydroxyl groups is 1. The van der Waals surface area contributed by atoms with E-state index in [0.717, 1.165) is 4.57 Å². The first-order valence-electron chi connectivity index (χ1n) is 7.06. The fourth-order valence-electron chi connectivity index (χ4n) is 2.28. The van der Waals surface area contributed by atoms with Crippen molar-refractivity contribution in [2.75, 3.05) is 0 Å². The van der Waals surface area contributed by atoms with Gasteiger partial charge in [0.2, 0.25) is 5.88 Å². The van der Waals surface area contributed by atoms with Gasteiger partial charge in [-0.15, -0.1) is 0 Å². The third kappa shape index (κ3) is 2.87. The number of aliphatic imine (C=N–C) groups is 1. The number of benzene rings is 1. The van der Waals surface area contributed by atoms with E-state index in [1.54, 1.807) is 13.0 Å². The maximum atomic E-state index is 12.1. The summed E-state index contributed by atoms with van der Waals surface area (Å²) in [6.07, 6.45) is 1.22. The largest absolute Gasteiger partial charge is 0.494 e. The molecule has 24 heavy (non-hydrogen) atoms. The van der Waals surface area contributed by atoms with Crippen LogP contribution in [-0.4, -0.2) is 20.8 Å². The quantitative estimate of drug-likeness (QED) is 0.525. The summed E-state index contributed by atoms with van der Waals surface area (Å²) in [7, 11) is 0. The summed E-state index contributed by atoms with van der Waals surface area (Å²) in [5, 5.41) is 30.4. The molecule has 0 aliphatic heterocycles. The minimum absolute atomic E-state index is 0.0985. The van der Waals surface area contributed by atoms with Crippen molar-refractivity contribution < 1.29 is 10.0 Å². The van der Waals surface area contributed by atoms with Crippen molar-refractivity contribution in [2.24, 2.45) is 4.99 Å². The van der Waals surface area contributed by atoms with Crippen LogP contribution in [0.1, 0.15) is 23.6 Å². The van der Waals surface area contributed by atoms with Crippen molar-refractivity contribution in [1.82, 2.24) is 4.57 Å². The topological polar surface area (TPSA) is 122 Å². The summed E-state index contributed by atoms with van der Waals surface area (Å²) in [6.45, 7) is 3.34. The summed E-state index contributed by atoms with van der Waals surface area (Å²) >= 11 is 0. The minimum atomic E-state index is -0.585. The van der Waals surface area contributed by atoms with Crippen LogP contribution >= 0.6 is 0 Å². The molecule has 2 rings (SSSR count). The maximum absolute atomic E-state index is 12.1. The van der Waals surface area contributed by atoms with Gasteiger partial charge in [0.15, 0.2) is 0 Å². The molecule has 0 unspecified atom stereocenters. The monoisotopic (exact) mass is 326 g/mol. The van der Waals surface area contributed by atoms with Gasteiger partial charge in [-0.3, -0.25) is 19.5 Å². The van der Waals surface area contributed by atoms with E-state index in [2.05, 4.69) is 4.99 Å². The molecule has 1 aromatic carbocycles. The number of hydrogen-bond acceptors (Lipinski definition) is 6. The van der Waals surface area contributed by atoms with Crippen LogP contribution in [0.25, 0.3) is 0 Å². The van der Waals surface area contributed by atoms with E-state index in [4.69, 9.17) is 5.26 Å². The molecular formula is C16H14N4O4. The number of rotatable bonds is 4. The predicted octanol–water partition coefficient (Wildman–Crippen LogP) is 2.41. The third-order valence-electron chi connectivity index (χ3n) is 3.57. The Morgan fingerprint density at radius 2 is 2.12 bits per heavy atom. The highest BCUT2D eigenvalue weighted by Gasteiger charge is 2.17. The van der Waals surface area contributed by atoms with Gasteiger partial charge in [-0.05, 0) is 25.5 Å². The van der Waals surface area contributed by atoms with Crippen LogP contribution in [-0.2, 0) is 6.54 Å². The number of para-hydroxylation sites is 2. The first-order chi connectivity index (χ1) is 11.4. The van der Waals surface area contributed by atoms with Gasteiger partial charge in [0, 0.05) is 18.8 Å². The van der Waals surface area contributed by atoms with Crippen molar-refractivity contribution in [1.29, 1.82) is 5.26 Å². The molecule has 0 aliphatic rings. The summed E-state index contributed by atoms with van der Waals surface area (Å²) in [6, 6.07) is 7.71. The number of nitro benzene ring substituents is 1. The van der Waals surface area contributed by atoms with E-state index in [0.29, 0.717) is 0 Å². The first kappa shape index (κ1) is 16.9. The lowest BCUT2D eigenvalue weighted by Crippen LogP contribution is -2.24. The van der Waals surface area contributed by atoms with Crippen LogP contribution in [0.3, 0.4) is 0 Å². The van der Waals surface area contributed by atoms with Gasteiger partial charge >= 0.3 is 0 Å². The SMILES string of the molecule is CCn1c(O)c(C=Nc2ccccc2[N+](=O)[O-])c(C)c(C#N)c1=O. The van der Waals surface area contributed by atoms with Crippen LogP contribution in [0.5, 0.6) is 5.88 Å². The molecule has 8 nitrogen and oxygen atoms in total. The maximum Gasteiger partial charge on any atom is 0.294 e. The highest BCUT2D eigenvalue weighted by molar-refractivity contribution is 5.88. The van der Waals surface area contributed by atoms with E-state index < -0.39 is 10.5 Å². The molecule has 0 saturated heterocycles. The molecule has 2 aromatic rings. The Morgan fingerprint density at radius 1 is 1.46 bits per heavy atom. The van der Waals surface area contributed by atoms with E-state index in [9.17, 15) is 20.0 Å². The van der Waals surface area contributed by atoms with E-state index >= 15 is 0 Å². The standard InChI is InChI=1S/C16H14N4O4/c1-3-19-15(21)11(8-17)10(2)12(16(19)22)9-18-13-6-4-5-7-14(13)20(23)24/h4-7,9,22H,3H2,1-2H3. The Balaban J connectivity index is 2.65. The lowest BCUT2D eigenvalue weighted by Gasteiger charge is -2.12. The van der Waals surface area contributed by atoms with Crippen molar-refractivity contribution in [2.45, 2.75) is 20.4 Å². The van der Waals surface area contributed by atoms with Crippen LogP contribution in [0.2, 0.25) is 0 Å². The Labute approximate surface area is 137 Å². The molecule has 0 bridgehead atoms. The second-order valence-corrected chi connectivity index (χ2v) is 4.90. The Kier molecular flexibility index (Phi) is 4.75. The van der Waals surface area contributed by atoms with Gasteiger partial charge in [0.1, 0.15) is 17.3 Å². The van der Waals surface area contributed by atoms with Gasteiger partial charge in [-0.1, -0.05) is 12.1 Å². The molecule has 1 aromatic heterocycles. The van der Waals surface area contributed by atoms with E-state index in [-0.39, 0.29) is 40.5 Å². The second kappa shape index (κ2) is 6.75. The summed E-state index contributed by atoms with van der Waals surface area (Å²) in [5.41, 5.74) is -0.320. The molecule has 0 amide bonds. The number of aromatic nitrogens is 1. The van der Waals surface area contributed by atoms with E-state index in [1.165, 1.54) is 31.3 Å². The van der Waals surface area contributed by atoms with Crippen molar-refractivity contribution in [3.8, 4) is 11.9 Å². The molecule has 0 atom stereocenters. The molecule has 8 heteroatoms. The summed E-state index contributed by atoms with van der Waals surface area (Å²) < 4.78 is 1.05. The highest BCUT2D eigenvalue weighted by atomic mass is 16.6. The average Bonchev–Trinajstić information content (AvgIpc) is 2.55. The zero-order chi connectivity index (χ0) is 17.9. The Hall–Kier alpha value is -3.47. The number of pyridine rings is 1. The number of nitriles is 1. The fraction of sp³-hybridized carbons (Fsp3) is 0.188. The molecule has 1 N–H and O–H groups in total. The molecule has 122 valence electrons. The second-order valence-electron chi connectivity index (χ2n) is 4.90. The average molecular weight is 326 g/mol. The number of nitro groups is 1. The van der Waals surface area contributed by atoms with Crippen LogP contribution in [0.15, 0.2) is 34.1 Å². The molecule has 0 fully saturated rings. The molecular weight excluding hydrogens is 312 g/mol. The molecule has 0 radical (unpaired) electrons. The fourth-order valence-corrected chi connectivity index (χ4v) is 2.28. The van der Waals surface area contributed by atoms with Gasteiger partial charge in [0.25, 0.3) is 11.2 Å². The first-order valence-corrected chi connectivity index (χ1v) is 7.06. The zero-order valence-corrected chi connectivity index (χ0v) is 13.1. The predicted molar refractivity (Wildman–Crippen MR) is 87.8 cm³/mol. The van der Waals surface area contributed by atoms with Crippen molar-refractivity contribution in [3.05, 3.63) is 61.4 Å². The number of hydrogen-bond donors (Lipinski definition) is 1. The minimum Gasteiger partial charge on any atom is -0.494 e. The summed E-state index contributed by atoms with van der Waals surface area (Å²) in [4.78, 5) is 26.6. The lowest BCUT2D eigenvalue weighted by molar-refractivity contribution is -0.384. The van der Waals surface area contributed by atoms with Crippen LogP contribution in [0.4, 0.5) is 11.4 Å². The van der Waals surface area contributed by atoms with Crippen molar-refractivity contribution >= 4 is 17.6 Å². The smallest absolute Gasteiger partial charge is 0.294 e. The normalized spacial score (nSPS) is 10.7. The highest BCUT2D eigenvalue weighted by Crippen LogP contribution is 2.27. The van der Waals surface area contributed by atoms with Gasteiger partial charge in [-0.25, -0.2) is 4.99 Å². The summed E-state index contributed by atoms with van der Waals surface area (Å²) in [5.74, 6) is -0.332. The van der Waals surface area contributed by atoms with E-state index in [1.807, 2.05) is 6.07 Å². The zero-order valence-electron chi connectivity index (χ0n) is 13.1. The molecule has 0 aliphatic carbocycles. The van der Waals surface area contributed by atoms with Gasteiger partial charge in [0.05, 0.1) is 10.5 Å². The van der Waals surface area contributed by atoms with Gasteiger partial charge < -0.3 is 5.11 Å². The molecule has 0 saturated carbocycles. The molecule has 0 spiro atoms. The lowest BCUT2D eigenvalue weighted by atomic mass is 10.1. The third-order valence-corrected chi connectivity index (χ3v) is 3.57. The Morgan fingerprint density at radius 3 is 2.71 bits per heavy atom. The van der Waals surface area contributed by atoms with Crippen LogP contribution in [0, 0.1) is 28.4 Å².